The molecular weight excluding hydrogens is 210 g/mol. The van der Waals surface area contributed by atoms with Crippen LogP contribution in [-0.2, 0) is 13.0 Å². The van der Waals surface area contributed by atoms with Gasteiger partial charge in [-0.15, -0.1) is 0 Å². The maximum Gasteiger partial charge on any atom is 0.0678 e. The Balaban J connectivity index is 2.19. The predicted molar refractivity (Wildman–Crippen MR) is 68.4 cm³/mol. The molecule has 3 nitrogen and oxygen atoms in total. The molecule has 0 radical (unpaired) electrons. The summed E-state index contributed by atoms with van der Waals surface area (Å²) >= 11 is 0. The largest absolute Gasteiger partial charge is 0.312 e. The van der Waals surface area contributed by atoms with Crippen LogP contribution >= 0.6 is 0 Å². The van der Waals surface area contributed by atoms with Crippen LogP contribution in [0, 0.1) is 13.8 Å². The minimum absolute atomic E-state index is 0.951. The molecule has 0 saturated heterocycles. The highest BCUT2D eigenvalue weighted by Crippen LogP contribution is 2.23. The monoisotopic (exact) mass is 227 g/mol. The summed E-state index contributed by atoms with van der Waals surface area (Å²) in [5.41, 5.74) is 6.38. The van der Waals surface area contributed by atoms with Crippen LogP contribution in [0.1, 0.15) is 22.5 Å². The van der Waals surface area contributed by atoms with Gasteiger partial charge in [-0.05, 0) is 25.5 Å². The molecule has 0 aliphatic carbocycles. The molecule has 2 heterocycles. The topological polar surface area (TPSA) is 29.9 Å². The van der Waals surface area contributed by atoms with Crippen LogP contribution in [0.3, 0.4) is 0 Å². The lowest BCUT2D eigenvalue weighted by Gasteiger charge is -2.16. The van der Waals surface area contributed by atoms with E-state index in [0.717, 1.165) is 25.2 Å². The number of fused-ring (bicyclic) bond motifs is 1. The summed E-state index contributed by atoms with van der Waals surface area (Å²) in [6, 6.07) is 8.43. The van der Waals surface area contributed by atoms with Gasteiger partial charge in [-0.2, -0.15) is 5.10 Å². The highest BCUT2D eigenvalue weighted by Gasteiger charge is 2.19. The van der Waals surface area contributed by atoms with Crippen molar-refractivity contribution in [3.8, 4) is 5.69 Å². The molecule has 0 fully saturated rings. The van der Waals surface area contributed by atoms with Crippen molar-refractivity contribution >= 4 is 0 Å². The van der Waals surface area contributed by atoms with E-state index in [9.17, 15) is 0 Å². The highest BCUT2D eigenvalue weighted by molar-refractivity contribution is 5.43. The van der Waals surface area contributed by atoms with Crippen LogP contribution in [0.2, 0.25) is 0 Å². The van der Waals surface area contributed by atoms with Crippen molar-refractivity contribution < 1.29 is 0 Å². The van der Waals surface area contributed by atoms with E-state index in [1.807, 2.05) is 0 Å². The second kappa shape index (κ2) is 4.00. The van der Waals surface area contributed by atoms with Crippen molar-refractivity contribution in [1.29, 1.82) is 0 Å². The molecule has 1 aromatic heterocycles. The molecule has 0 saturated carbocycles. The molecule has 1 aliphatic heterocycles. The molecule has 17 heavy (non-hydrogen) atoms. The number of hydrogen-bond acceptors (Lipinski definition) is 2. The number of nitrogens with one attached hydrogen (secondary N) is 1. The van der Waals surface area contributed by atoms with Crippen LogP contribution < -0.4 is 5.32 Å². The molecule has 0 bridgehead atoms. The number of aryl methyl sites for hydroxylation is 2. The van der Waals surface area contributed by atoms with Crippen LogP contribution in [0.15, 0.2) is 24.3 Å². The third-order valence-electron chi connectivity index (χ3n) is 3.47. The smallest absolute Gasteiger partial charge is 0.0678 e. The molecule has 88 valence electrons. The first kappa shape index (κ1) is 10.5. The Hall–Kier alpha value is -1.61. The Morgan fingerprint density at radius 1 is 1.24 bits per heavy atom. The van der Waals surface area contributed by atoms with Crippen molar-refractivity contribution in [2.45, 2.75) is 26.8 Å². The summed E-state index contributed by atoms with van der Waals surface area (Å²) in [5.74, 6) is 0. The summed E-state index contributed by atoms with van der Waals surface area (Å²) in [7, 11) is 0. The van der Waals surface area contributed by atoms with Gasteiger partial charge >= 0.3 is 0 Å². The highest BCUT2D eigenvalue weighted by atomic mass is 15.3. The summed E-state index contributed by atoms with van der Waals surface area (Å²) in [6.07, 6.45) is 1.06. The molecule has 0 unspecified atom stereocenters. The van der Waals surface area contributed by atoms with Gasteiger partial charge in [-0.25, -0.2) is 4.68 Å². The maximum atomic E-state index is 4.70. The average Bonchev–Trinajstić information content (AvgIpc) is 2.68. The van der Waals surface area contributed by atoms with Crippen LogP contribution in [0.5, 0.6) is 0 Å². The number of rotatable bonds is 1. The van der Waals surface area contributed by atoms with Crippen LogP contribution in [-0.4, -0.2) is 16.3 Å². The number of hydrogen-bond donors (Lipinski definition) is 1. The summed E-state index contributed by atoms with van der Waals surface area (Å²) in [4.78, 5) is 0. The van der Waals surface area contributed by atoms with Gasteiger partial charge in [0.05, 0.1) is 17.1 Å². The molecular formula is C14H17N3. The summed E-state index contributed by atoms with van der Waals surface area (Å²) < 4.78 is 2.13. The normalized spacial score (nSPS) is 14.7. The molecule has 3 heteroatoms. The standard InChI is InChI=1S/C14H17N3/c1-10-5-3-4-6-13(10)17-14-7-8-15-9-12(14)11(2)16-17/h3-6,15H,7-9H2,1-2H3. The van der Waals surface area contributed by atoms with Gasteiger partial charge in [0, 0.05) is 25.1 Å². The van der Waals surface area contributed by atoms with Gasteiger partial charge in [-0.3, -0.25) is 0 Å². The molecule has 0 spiro atoms. The maximum absolute atomic E-state index is 4.70. The molecule has 1 aliphatic rings. The Bertz CT molecular complexity index is 555. The van der Waals surface area contributed by atoms with Gasteiger partial charge in [0.2, 0.25) is 0 Å². The summed E-state index contributed by atoms with van der Waals surface area (Å²) in [5, 5.41) is 8.11. The fraction of sp³-hybridized carbons (Fsp3) is 0.357. The number of para-hydroxylation sites is 1. The zero-order chi connectivity index (χ0) is 11.8. The molecule has 0 atom stereocenters. The third-order valence-corrected chi connectivity index (χ3v) is 3.47. The van der Waals surface area contributed by atoms with E-state index in [1.165, 1.54) is 22.5 Å². The van der Waals surface area contributed by atoms with Gasteiger partial charge in [0.1, 0.15) is 0 Å². The second-order valence-electron chi connectivity index (χ2n) is 4.64. The number of aromatic nitrogens is 2. The summed E-state index contributed by atoms with van der Waals surface area (Å²) in [6.45, 7) is 6.23. The first-order valence-corrected chi connectivity index (χ1v) is 6.11. The number of nitrogens with zero attached hydrogens (tertiary/aromatic N) is 2. The fourth-order valence-electron chi connectivity index (χ4n) is 2.51. The number of benzene rings is 1. The zero-order valence-corrected chi connectivity index (χ0v) is 10.3. The van der Waals surface area contributed by atoms with Crippen LogP contribution in [0.4, 0.5) is 0 Å². The molecule has 3 rings (SSSR count). The van der Waals surface area contributed by atoms with Crippen molar-refractivity contribution in [2.75, 3.05) is 6.54 Å². The first-order chi connectivity index (χ1) is 8.27. The predicted octanol–water partition coefficient (Wildman–Crippen LogP) is 2.13. The molecule has 0 amide bonds. The van der Waals surface area contributed by atoms with Gasteiger partial charge < -0.3 is 5.32 Å². The zero-order valence-electron chi connectivity index (χ0n) is 10.3. The van der Waals surface area contributed by atoms with Crippen LogP contribution in [0.25, 0.3) is 5.69 Å². The van der Waals surface area contributed by atoms with E-state index in [-0.39, 0.29) is 0 Å². The SMILES string of the molecule is Cc1ccccc1-n1nc(C)c2c1CCNC2. The lowest BCUT2D eigenvalue weighted by Crippen LogP contribution is -2.24. The minimum atomic E-state index is 0.951. The Morgan fingerprint density at radius 2 is 2.06 bits per heavy atom. The van der Waals surface area contributed by atoms with Crippen molar-refractivity contribution in [3.63, 3.8) is 0 Å². The fourth-order valence-corrected chi connectivity index (χ4v) is 2.51. The quantitative estimate of drug-likeness (QED) is 0.809. The first-order valence-electron chi connectivity index (χ1n) is 6.11. The van der Waals surface area contributed by atoms with E-state index in [0.29, 0.717) is 0 Å². The Morgan fingerprint density at radius 3 is 2.88 bits per heavy atom. The van der Waals surface area contributed by atoms with E-state index >= 15 is 0 Å². The molecule has 2 aromatic rings. The third kappa shape index (κ3) is 1.67. The van der Waals surface area contributed by atoms with Gasteiger partial charge in [0.15, 0.2) is 0 Å². The van der Waals surface area contributed by atoms with Crippen molar-refractivity contribution in [2.24, 2.45) is 0 Å². The van der Waals surface area contributed by atoms with E-state index in [2.05, 4.69) is 48.1 Å². The lowest BCUT2D eigenvalue weighted by atomic mass is 10.1. The molecule has 1 aromatic carbocycles. The Kier molecular flexibility index (Phi) is 2.48. The molecule has 1 N–H and O–H groups in total. The van der Waals surface area contributed by atoms with Gasteiger partial charge in [-0.1, -0.05) is 18.2 Å². The Labute approximate surface area is 101 Å². The van der Waals surface area contributed by atoms with E-state index in [4.69, 9.17) is 5.10 Å². The van der Waals surface area contributed by atoms with E-state index < -0.39 is 0 Å². The van der Waals surface area contributed by atoms with Crippen molar-refractivity contribution in [3.05, 3.63) is 46.8 Å². The van der Waals surface area contributed by atoms with Crippen molar-refractivity contribution in [1.82, 2.24) is 15.1 Å². The second-order valence-corrected chi connectivity index (χ2v) is 4.64. The van der Waals surface area contributed by atoms with E-state index in [1.54, 1.807) is 0 Å². The minimum Gasteiger partial charge on any atom is -0.312 e. The van der Waals surface area contributed by atoms with Gasteiger partial charge in [0.25, 0.3) is 0 Å². The lowest BCUT2D eigenvalue weighted by molar-refractivity contribution is 0.622. The average molecular weight is 227 g/mol.